The first-order chi connectivity index (χ1) is 10.9. The van der Waals surface area contributed by atoms with E-state index in [1.807, 2.05) is 6.07 Å². The molecule has 0 saturated carbocycles. The van der Waals surface area contributed by atoms with Gasteiger partial charge < -0.3 is 16.2 Å². The van der Waals surface area contributed by atoms with Gasteiger partial charge in [-0.15, -0.1) is 0 Å². The van der Waals surface area contributed by atoms with Crippen LogP contribution >= 0.6 is 0 Å². The van der Waals surface area contributed by atoms with Crippen molar-refractivity contribution in [2.45, 2.75) is 25.5 Å². The molecule has 3 rings (SSSR count). The van der Waals surface area contributed by atoms with Gasteiger partial charge >= 0.3 is 0 Å². The number of hydrogen-bond acceptors (Lipinski definition) is 5. The van der Waals surface area contributed by atoms with E-state index in [-0.39, 0.29) is 29.9 Å². The number of nitrogens with zero attached hydrogens (tertiary/aromatic N) is 3. The number of benzene rings is 1. The molecule has 7 nitrogen and oxygen atoms in total. The SMILES string of the molecule is Cc1nn(CCC#N)c(N)c1[C@]1(O)C(=O)Nc2ccc(F)cc21. The van der Waals surface area contributed by atoms with E-state index in [9.17, 15) is 14.3 Å². The number of aromatic nitrogens is 2. The zero-order valence-electron chi connectivity index (χ0n) is 12.3. The number of hydrogen-bond donors (Lipinski definition) is 3. The smallest absolute Gasteiger partial charge is 0.266 e. The van der Waals surface area contributed by atoms with E-state index in [4.69, 9.17) is 11.0 Å². The first kappa shape index (κ1) is 15.0. The molecule has 4 N–H and O–H groups in total. The van der Waals surface area contributed by atoms with E-state index in [0.717, 1.165) is 6.07 Å². The Morgan fingerprint density at radius 3 is 3.00 bits per heavy atom. The number of nitrogens with one attached hydrogen (secondary N) is 1. The van der Waals surface area contributed by atoms with Crippen molar-refractivity contribution in [3.8, 4) is 6.07 Å². The van der Waals surface area contributed by atoms with Crippen LogP contribution in [0.25, 0.3) is 0 Å². The molecule has 1 aromatic heterocycles. The van der Waals surface area contributed by atoms with Gasteiger partial charge in [0.25, 0.3) is 5.91 Å². The normalized spacial score (nSPS) is 19.3. The van der Waals surface area contributed by atoms with Crippen molar-refractivity contribution in [2.24, 2.45) is 0 Å². The monoisotopic (exact) mass is 315 g/mol. The first-order valence-corrected chi connectivity index (χ1v) is 6.93. The minimum absolute atomic E-state index is 0.0764. The van der Waals surface area contributed by atoms with Gasteiger partial charge in [-0.3, -0.25) is 4.79 Å². The average Bonchev–Trinajstić information content (AvgIpc) is 2.93. The lowest BCUT2D eigenvalue weighted by Gasteiger charge is -2.21. The van der Waals surface area contributed by atoms with Crippen molar-refractivity contribution in [3.63, 3.8) is 0 Å². The Hall–Kier alpha value is -2.92. The molecule has 1 aliphatic heterocycles. The standard InChI is InChI=1S/C15H14FN5O2/c1-8-12(13(18)21(20-8)6-2-5-17)15(23)10-7-9(16)3-4-11(10)19-14(15)22/h3-4,7,23H,2,6,18H2,1H3,(H,19,22)/t15-/m0/s1. The summed E-state index contributed by atoms with van der Waals surface area (Å²) in [7, 11) is 0. The van der Waals surface area contributed by atoms with Crippen molar-refractivity contribution >= 4 is 17.4 Å². The Labute approximate surface area is 131 Å². The second-order valence-electron chi connectivity index (χ2n) is 5.33. The summed E-state index contributed by atoms with van der Waals surface area (Å²) in [5.41, 5.74) is 4.78. The zero-order valence-corrected chi connectivity index (χ0v) is 12.3. The number of aryl methyl sites for hydroxylation is 2. The van der Waals surface area contributed by atoms with E-state index in [2.05, 4.69) is 10.4 Å². The summed E-state index contributed by atoms with van der Waals surface area (Å²) in [4.78, 5) is 12.4. The van der Waals surface area contributed by atoms with Crippen LogP contribution < -0.4 is 11.1 Å². The van der Waals surface area contributed by atoms with Crippen molar-refractivity contribution in [2.75, 3.05) is 11.1 Å². The molecular weight excluding hydrogens is 301 g/mol. The van der Waals surface area contributed by atoms with E-state index < -0.39 is 17.3 Å². The van der Waals surface area contributed by atoms with E-state index >= 15 is 0 Å². The molecule has 1 amide bonds. The number of carbonyl (C=O) groups excluding carboxylic acids is 1. The van der Waals surface area contributed by atoms with Gasteiger partial charge in [0.1, 0.15) is 11.6 Å². The number of anilines is 2. The van der Waals surface area contributed by atoms with Gasteiger partial charge in [-0.25, -0.2) is 9.07 Å². The van der Waals surface area contributed by atoms with Crippen LogP contribution in [-0.2, 0) is 16.9 Å². The molecule has 1 atom stereocenters. The Balaban J connectivity index is 2.19. The number of nitrogen functional groups attached to an aromatic ring is 1. The van der Waals surface area contributed by atoms with E-state index in [1.165, 1.54) is 16.8 Å². The molecule has 2 heterocycles. The molecule has 8 heteroatoms. The Kier molecular flexibility index (Phi) is 3.30. The molecular formula is C15H14FN5O2. The molecule has 0 bridgehead atoms. The number of fused-ring (bicyclic) bond motifs is 1. The fraction of sp³-hybridized carbons (Fsp3) is 0.267. The molecule has 2 aromatic rings. The van der Waals surface area contributed by atoms with Crippen molar-refractivity contribution in [1.82, 2.24) is 9.78 Å². The van der Waals surface area contributed by atoms with E-state index in [1.54, 1.807) is 6.92 Å². The van der Waals surface area contributed by atoms with Gasteiger partial charge in [-0.1, -0.05) is 0 Å². The van der Waals surface area contributed by atoms with Crippen LogP contribution in [0.2, 0.25) is 0 Å². The summed E-state index contributed by atoms with van der Waals surface area (Å²) >= 11 is 0. The molecule has 1 aromatic carbocycles. The molecule has 0 saturated heterocycles. The number of amides is 1. The molecule has 0 aliphatic carbocycles. The van der Waals surface area contributed by atoms with Crippen LogP contribution in [0.1, 0.15) is 23.2 Å². The van der Waals surface area contributed by atoms with Crippen LogP contribution in [0.4, 0.5) is 15.9 Å². The maximum absolute atomic E-state index is 13.6. The molecule has 0 radical (unpaired) electrons. The van der Waals surface area contributed by atoms with Crippen molar-refractivity contribution in [3.05, 3.63) is 40.8 Å². The largest absolute Gasteiger partial charge is 0.384 e. The summed E-state index contributed by atoms with van der Waals surface area (Å²) in [6.07, 6.45) is 0.181. The quantitative estimate of drug-likeness (QED) is 0.781. The Bertz CT molecular complexity index is 854. The van der Waals surface area contributed by atoms with Crippen molar-refractivity contribution in [1.29, 1.82) is 5.26 Å². The van der Waals surface area contributed by atoms with Gasteiger partial charge in [0.15, 0.2) is 0 Å². The third-order valence-corrected chi connectivity index (χ3v) is 3.91. The molecule has 0 unspecified atom stereocenters. The Morgan fingerprint density at radius 1 is 1.57 bits per heavy atom. The van der Waals surface area contributed by atoms with Crippen LogP contribution in [-0.4, -0.2) is 20.8 Å². The summed E-state index contributed by atoms with van der Waals surface area (Å²) in [5, 5.41) is 26.4. The number of carbonyl (C=O) groups is 1. The second kappa shape index (κ2) is 5.07. The fourth-order valence-corrected chi connectivity index (χ4v) is 2.88. The highest BCUT2D eigenvalue weighted by molar-refractivity contribution is 6.08. The molecule has 23 heavy (non-hydrogen) atoms. The fourth-order valence-electron chi connectivity index (χ4n) is 2.88. The van der Waals surface area contributed by atoms with Gasteiger partial charge in [0.05, 0.1) is 30.3 Å². The third kappa shape index (κ3) is 2.05. The molecule has 0 spiro atoms. The molecule has 0 fully saturated rings. The highest BCUT2D eigenvalue weighted by Gasteiger charge is 2.50. The number of nitriles is 1. The minimum Gasteiger partial charge on any atom is -0.384 e. The summed E-state index contributed by atoms with van der Waals surface area (Å²) < 4.78 is 14.9. The number of rotatable bonds is 3. The van der Waals surface area contributed by atoms with Crippen molar-refractivity contribution < 1.29 is 14.3 Å². The average molecular weight is 315 g/mol. The Morgan fingerprint density at radius 2 is 2.30 bits per heavy atom. The van der Waals surface area contributed by atoms with Crippen LogP contribution in [0.5, 0.6) is 0 Å². The summed E-state index contributed by atoms with van der Waals surface area (Å²) in [6.45, 7) is 1.83. The topological polar surface area (TPSA) is 117 Å². The predicted octanol–water partition coefficient (Wildman–Crippen LogP) is 1.01. The van der Waals surface area contributed by atoms with Gasteiger partial charge in [-0.2, -0.15) is 10.4 Å². The first-order valence-electron chi connectivity index (χ1n) is 6.93. The van der Waals surface area contributed by atoms with Crippen LogP contribution in [0.3, 0.4) is 0 Å². The zero-order chi connectivity index (χ0) is 16.8. The maximum atomic E-state index is 13.6. The van der Waals surface area contributed by atoms with Gasteiger partial charge in [-0.05, 0) is 25.1 Å². The van der Waals surface area contributed by atoms with Gasteiger partial charge in [0, 0.05) is 11.3 Å². The predicted molar refractivity (Wildman–Crippen MR) is 79.6 cm³/mol. The lowest BCUT2D eigenvalue weighted by molar-refractivity contribution is -0.129. The number of nitrogens with two attached hydrogens (primary N) is 1. The second-order valence-corrected chi connectivity index (χ2v) is 5.33. The van der Waals surface area contributed by atoms with E-state index in [0.29, 0.717) is 11.4 Å². The maximum Gasteiger partial charge on any atom is 0.266 e. The van der Waals surface area contributed by atoms with Crippen LogP contribution in [0, 0.1) is 24.1 Å². The summed E-state index contributed by atoms with van der Waals surface area (Å²) in [5.74, 6) is -1.22. The summed E-state index contributed by atoms with van der Waals surface area (Å²) in [6, 6.07) is 5.64. The lowest BCUT2D eigenvalue weighted by atomic mass is 9.87. The van der Waals surface area contributed by atoms with Gasteiger partial charge in [0.2, 0.25) is 5.60 Å². The number of aliphatic hydroxyl groups is 1. The third-order valence-electron chi connectivity index (χ3n) is 3.91. The van der Waals surface area contributed by atoms with Crippen LogP contribution in [0.15, 0.2) is 18.2 Å². The number of halogens is 1. The highest BCUT2D eigenvalue weighted by Crippen LogP contribution is 2.44. The minimum atomic E-state index is -2.11. The lowest BCUT2D eigenvalue weighted by Crippen LogP contribution is -2.36. The molecule has 1 aliphatic rings. The highest BCUT2D eigenvalue weighted by atomic mass is 19.1. The molecule has 118 valence electrons.